The van der Waals surface area contributed by atoms with Gasteiger partial charge in [-0.15, -0.1) is 11.3 Å². The summed E-state index contributed by atoms with van der Waals surface area (Å²) in [7, 11) is 0. The Morgan fingerprint density at radius 1 is 1.41 bits per heavy atom. The molecule has 1 aliphatic rings. The Hall–Kier alpha value is -2.39. The maximum Gasteiger partial charge on any atom is 0.269 e. The lowest BCUT2D eigenvalue weighted by atomic mass is 9.87. The van der Waals surface area contributed by atoms with Gasteiger partial charge < -0.3 is 11.1 Å². The third-order valence-corrected chi connectivity index (χ3v) is 6.63. The number of carbonyl (C=O) groups excluding carboxylic acids is 1. The van der Waals surface area contributed by atoms with Gasteiger partial charge in [-0.1, -0.05) is 6.92 Å². The van der Waals surface area contributed by atoms with Crippen LogP contribution >= 0.6 is 11.3 Å². The number of amides is 1. The van der Waals surface area contributed by atoms with Gasteiger partial charge in [0.25, 0.3) is 11.8 Å². The second-order valence-corrected chi connectivity index (χ2v) is 8.66. The first-order valence-electron chi connectivity index (χ1n) is 9.67. The number of aromatic nitrogens is 3. The molecule has 3 heterocycles. The number of hydrogen-bond donors (Lipinski definition) is 2. The topological polar surface area (TPSA) is 85.3 Å². The maximum atomic E-state index is 14.3. The molecule has 29 heavy (non-hydrogen) atoms. The lowest BCUT2D eigenvalue weighted by molar-refractivity contribution is -0.0674. The molecule has 0 spiro atoms. The molecule has 6 nitrogen and oxygen atoms in total. The molecular formula is C20H23F2N5OS. The zero-order valence-corrected chi connectivity index (χ0v) is 17.1. The Labute approximate surface area is 171 Å². The van der Waals surface area contributed by atoms with Crippen LogP contribution in [-0.2, 0) is 6.42 Å². The number of halogens is 2. The molecule has 1 aliphatic carbocycles. The van der Waals surface area contributed by atoms with Crippen LogP contribution < -0.4 is 11.1 Å². The number of carbonyl (C=O) groups is 1. The van der Waals surface area contributed by atoms with E-state index in [2.05, 4.69) is 15.4 Å². The zero-order chi connectivity index (χ0) is 20.8. The number of nitrogens with one attached hydrogen (secondary N) is 1. The number of fused-ring (bicyclic) bond motifs is 1. The molecule has 1 amide bonds. The van der Waals surface area contributed by atoms with Gasteiger partial charge in [0.05, 0.1) is 11.1 Å². The van der Waals surface area contributed by atoms with Crippen LogP contribution in [0.5, 0.6) is 0 Å². The number of nitrogens with zero attached hydrogens (tertiary/aromatic N) is 3. The highest BCUT2D eigenvalue weighted by molar-refractivity contribution is 7.14. The van der Waals surface area contributed by atoms with Crippen LogP contribution in [0.4, 0.5) is 8.78 Å². The lowest BCUT2D eigenvalue weighted by Gasteiger charge is -2.36. The Morgan fingerprint density at radius 2 is 2.21 bits per heavy atom. The highest BCUT2D eigenvalue weighted by Gasteiger charge is 2.46. The van der Waals surface area contributed by atoms with E-state index in [0.717, 1.165) is 21.6 Å². The van der Waals surface area contributed by atoms with E-state index in [4.69, 9.17) is 5.73 Å². The third-order valence-electron chi connectivity index (χ3n) is 5.35. The standard InChI is InChI=1S/C20H23F2N5OS/c1-3-15-12(13-9-25-27-10-11(2)8-24-18(13)27)7-16(29-15)19(28)26-17-14(23)5-4-6-20(17,21)22/h7-10,14,17H,3-6,23H2,1-2H3,(H,26,28)/t14-,17-/m1/s1. The summed E-state index contributed by atoms with van der Waals surface area (Å²) in [5.74, 6) is -3.51. The number of thiophene rings is 1. The molecular weight excluding hydrogens is 396 g/mol. The van der Waals surface area contributed by atoms with Crippen LogP contribution in [0.3, 0.4) is 0 Å². The summed E-state index contributed by atoms with van der Waals surface area (Å²) < 4.78 is 30.2. The fourth-order valence-corrected chi connectivity index (χ4v) is 4.84. The zero-order valence-electron chi connectivity index (χ0n) is 16.3. The molecule has 2 atom stereocenters. The Bertz CT molecular complexity index is 1060. The largest absolute Gasteiger partial charge is 0.341 e. The quantitative estimate of drug-likeness (QED) is 0.677. The molecule has 4 rings (SSSR count). The van der Waals surface area contributed by atoms with Crippen molar-refractivity contribution in [3.05, 3.63) is 40.0 Å². The van der Waals surface area contributed by atoms with Gasteiger partial charge in [0.15, 0.2) is 5.65 Å². The van der Waals surface area contributed by atoms with Gasteiger partial charge in [0.1, 0.15) is 6.04 Å². The average Bonchev–Trinajstić information content (AvgIpc) is 3.27. The molecule has 1 saturated carbocycles. The van der Waals surface area contributed by atoms with Crippen LogP contribution in [0, 0.1) is 6.92 Å². The number of hydrogen-bond acceptors (Lipinski definition) is 5. The SMILES string of the molecule is CCc1sc(C(=O)N[C@@H]2[C@H](N)CCCC2(F)F)cc1-c1cnn2cc(C)cnc12. The van der Waals surface area contributed by atoms with Gasteiger partial charge in [0.2, 0.25) is 0 Å². The van der Waals surface area contributed by atoms with E-state index >= 15 is 0 Å². The van der Waals surface area contributed by atoms with Crippen LogP contribution in [0.15, 0.2) is 24.7 Å². The molecule has 154 valence electrons. The number of alkyl halides is 2. The minimum absolute atomic E-state index is 0.255. The maximum absolute atomic E-state index is 14.3. The first-order valence-corrected chi connectivity index (χ1v) is 10.5. The van der Waals surface area contributed by atoms with Gasteiger partial charge in [-0.2, -0.15) is 5.10 Å². The predicted octanol–water partition coefficient (Wildman–Crippen LogP) is 3.57. The molecule has 0 unspecified atom stereocenters. The van der Waals surface area contributed by atoms with Crippen molar-refractivity contribution in [1.82, 2.24) is 19.9 Å². The summed E-state index contributed by atoms with van der Waals surface area (Å²) in [5.41, 5.74) is 9.23. The number of rotatable bonds is 4. The average molecular weight is 420 g/mol. The first-order chi connectivity index (χ1) is 13.8. The van der Waals surface area contributed by atoms with Crippen LogP contribution in [0.2, 0.25) is 0 Å². The molecule has 0 aliphatic heterocycles. The minimum Gasteiger partial charge on any atom is -0.341 e. The van der Waals surface area contributed by atoms with Gasteiger partial charge in [-0.3, -0.25) is 4.79 Å². The van der Waals surface area contributed by atoms with Gasteiger partial charge in [0, 0.05) is 40.9 Å². The summed E-state index contributed by atoms with van der Waals surface area (Å²) in [4.78, 5) is 18.6. The third kappa shape index (κ3) is 3.64. The van der Waals surface area contributed by atoms with Gasteiger partial charge in [-0.05, 0) is 37.8 Å². The molecule has 0 aromatic carbocycles. The molecule has 3 aromatic heterocycles. The van der Waals surface area contributed by atoms with E-state index in [1.54, 1.807) is 23.0 Å². The molecule has 9 heteroatoms. The van der Waals surface area contributed by atoms with E-state index in [9.17, 15) is 13.6 Å². The van der Waals surface area contributed by atoms with Crippen molar-refractivity contribution in [3.63, 3.8) is 0 Å². The van der Waals surface area contributed by atoms with E-state index in [0.29, 0.717) is 29.8 Å². The van der Waals surface area contributed by atoms with Crippen molar-refractivity contribution in [2.45, 2.75) is 57.5 Å². The molecule has 3 aromatic rings. The molecule has 3 N–H and O–H groups in total. The Balaban J connectivity index is 1.66. The molecule has 1 fully saturated rings. The number of aryl methyl sites for hydroxylation is 2. The molecule has 0 radical (unpaired) electrons. The normalized spacial score (nSPS) is 21.4. The van der Waals surface area contributed by atoms with Gasteiger partial charge in [-0.25, -0.2) is 18.3 Å². The van der Waals surface area contributed by atoms with Gasteiger partial charge >= 0.3 is 0 Å². The van der Waals surface area contributed by atoms with E-state index in [1.165, 1.54) is 11.3 Å². The predicted molar refractivity (Wildman–Crippen MR) is 108 cm³/mol. The van der Waals surface area contributed by atoms with Crippen molar-refractivity contribution in [2.24, 2.45) is 5.73 Å². The van der Waals surface area contributed by atoms with Crippen molar-refractivity contribution >= 4 is 22.9 Å². The first kappa shape index (κ1) is 19.9. The van der Waals surface area contributed by atoms with Crippen molar-refractivity contribution in [2.75, 3.05) is 0 Å². The van der Waals surface area contributed by atoms with E-state index in [-0.39, 0.29) is 6.42 Å². The highest BCUT2D eigenvalue weighted by Crippen LogP contribution is 2.36. The molecule has 0 bridgehead atoms. The number of nitrogens with two attached hydrogens (primary N) is 1. The Morgan fingerprint density at radius 3 is 2.93 bits per heavy atom. The molecule has 0 saturated heterocycles. The van der Waals surface area contributed by atoms with Crippen LogP contribution in [-0.4, -0.2) is 38.5 Å². The van der Waals surface area contributed by atoms with Crippen molar-refractivity contribution in [3.8, 4) is 11.1 Å². The van der Waals surface area contributed by atoms with Crippen LogP contribution in [0.25, 0.3) is 16.8 Å². The fourth-order valence-electron chi connectivity index (χ4n) is 3.82. The smallest absolute Gasteiger partial charge is 0.269 e. The summed E-state index contributed by atoms with van der Waals surface area (Å²) in [6, 6.07) is -0.356. The monoisotopic (exact) mass is 419 g/mol. The van der Waals surface area contributed by atoms with E-state index < -0.39 is 23.9 Å². The van der Waals surface area contributed by atoms with E-state index in [1.807, 2.05) is 20.0 Å². The van der Waals surface area contributed by atoms with Crippen molar-refractivity contribution in [1.29, 1.82) is 0 Å². The van der Waals surface area contributed by atoms with Crippen molar-refractivity contribution < 1.29 is 13.6 Å². The van der Waals surface area contributed by atoms with Crippen LogP contribution in [0.1, 0.15) is 46.3 Å². The summed E-state index contributed by atoms with van der Waals surface area (Å²) >= 11 is 1.30. The minimum atomic E-state index is -2.99. The fraction of sp³-hybridized carbons (Fsp3) is 0.450. The highest BCUT2D eigenvalue weighted by atomic mass is 32.1. The summed E-state index contributed by atoms with van der Waals surface area (Å²) in [6.07, 6.45) is 6.65. The second-order valence-electron chi connectivity index (χ2n) is 7.53. The Kier molecular flexibility index (Phi) is 5.12. The lowest BCUT2D eigenvalue weighted by Crippen LogP contribution is -2.59. The second kappa shape index (κ2) is 7.46. The summed E-state index contributed by atoms with van der Waals surface area (Å²) in [5, 5.41) is 6.84. The summed E-state index contributed by atoms with van der Waals surface area (Å²) in [6.45, 7) is 3.93.